The molecule has 0 bridgehead atoms. The van der Waals surface area contributed by atoms with E-state index in [0.29, 0.717) is 17.9 Å². The van der Waals surface area contributed by atoms with Gasteiger partial charge < -0.3 is 10.1 Å². The van der Waals surface area contributed by atoms with Gasteiger partial charge in [0.25, 0.3) is 11.8 Å². The Labute approximate surface area is 192 Å². The van der Waals surface area contributed by atoms with Crippen molar-refractivity contribution in [3.05, 3.63) is 101 Å². The van der Waals surface area contributed by atoms with E-state index < -0.39 is 23.7 Å². The van der Waals surface area contributed by atoms with E-state index in [2.05, 4.69) is 15.8 Å². The first-order valence-corrected chi connectivity index (χ1v) is 10.6. The van der Waals surface area contributed by atoms with Gasteiger partial charge in [0.05, 0.1) is 11.8 Å². The van der Waals surface area contributed by atoms with E-state index in [1.54, 1.807) is 19.9 Å². The number of hydrogen-bond donors (Lipinski definition) is 2. The van der Waals surface area contributed by atoms with Crippen LogP contribution in [-0.2, 0) is 11.4 Å². The molecule has 0 heterocycles. The maximum absolute atomic E-state index is 13.9. The summed E-state index contributed by atoms with van der Waals surface area (Å²) in [5.74, 6) is -1.44. The molecule has 0 aliphatic heterocycles. The second-order valence-corrected chi connectivity index (χ2v) is 7.72. The topological polar surface area (TPSA) is 79.8 Å². The van der Waals surface area contributed by atoms with Gasteiger partial charge in [-0.15, -0.1) is 0 Å². The molecule has 0 aromatic heterocycles. The van der Waals surface area contributed by atoms with Gasteiger partial charge in [0.15, 0.2) is 0 Å². The van der Waals surface area contributed by atoms with Crippen molar-refractivity contribution in [1.29, 1.82) is 0 Å². The Hall–Kier alpha value is -4.00. The van der Waals surface area contributed by atoms with Gasteiger partial charge in [-0.1, -0.05) is 68.4 Å². The highest BCUT2D eigenvalue weighted by atomic mass is 19.1. The Bertz CT molecular complexity index is 1120. The van der Waals surface area contributed by atoms with E-state index in [0.717, 1.165) is 5.56 Å². The van der Waals surface area contributed by atoms with Gasteiger partial charge in [0, 0.05) is 5.56 Å². The van der Waals surface area contributed by atoms with Crippen molar-refractivity contribution in [1.82, 2.24) is 10.7 Å². The monoisotopic (exact) mass is 447 g/mol. The molecule has 0 radical (unpaired) electrons. The molecule has 3 rings (SSSR count). The number of carbonyl (C=O) groups excluding carboxylic acids is 2. The molecule has 170 valence electrons. The number of carbonyl (C=O) groups is 2. The Morgan fingerprint density at radius 2 is 1.64 bits per heavy atom. The van der Waals surface area contributed by atoms with E-state index in [4.69, 9.17) is 4.74 Å². The van der Waals surface area contributed by atoms with Crippen LogP contribution in [0.15, 0.2) is 84.0 Å². The molecule has 7 heteroatoms. The van der Waals surface area contributed by atoms with Crippen molar-refractivity contribution in [3.8, 4) is 5.75 Å². The van der Waals surface area contributed by atoms with E-state index >= 15 is 0 Å². The minimum atomic E-state index is -0.890. The zero-order valence-electron chi connectivity index (χ0n) is 18.5. The number of ether oxygens (including phenoxy) is 1. The summed E-state index contributed by atoms with van der Waals surface area (Å²) in [5.41, 5.74) is 4.05. The molecular formula is C26H26FN3O3. The van der Waals surface area contributed by atoms with E-state index in [-0.39, 0.29) is 11.5 Å². The zero-order chi connectivity index (χ0) is 23.6. The SMILES string of the molecule is CC(C)C(NC(=O)c1ccccc1F)C(=O)N/N=C/c1ccccc1OCc1ccccc1. The van der Waals surface area contributed by atoms with E-state index in [9.17, 15) is 14.0 Å². The maximum Gasteiger partial charge on any atom is 0.262 e. The second kappa shape index (κ2) is 11.6. The van der Waals surface area contributed by atoms with Crippen LogP contribution in [-0.4, -0.2) is 24.1 Å². The fourth-order valence-corrected chi connectivity index (χ4v) is 3.09. The number of nitrogens with one attached hydrogen (secondary N) is 2. The molecule has 33 heavy (non-hydrogen) atoms. The average Bonchev–Trinajstić information content (AvgIpc) is 2.82. The summed E-state index contributed by atoms with van der Waals surface area (Å²) in [6.45, 7) is 3.96. The first-order chi connectivity index (χ1) is 16.0. The third-order valence-electron chi connectivity index (χ3n) is 4.89. The number of hydrogen-bond acceptors (Lipinski definition) is 4. The first-order valence-electron chi connectivity index (χ1n) is 10.6. The standard InChI is InChI=1S/C26H26FN3O3/c1-18(2)24(29-25(31)21-13-7-8-14-22(21)27)26(32)30-28-16-20-12-6-9-15-23(20)33-17-19-10-4-3-5-11-19/h3-16,18,24H,17H2,1-2H3,(H,29,31)(H,30,32)/b28-16+. The van der Waals surface area contributed by atoms with Crippen molar-refractivity contribution >= 4 is 18.0 Å². The molecule has 2 amide bonds. The molecule has 2 N–H and O–H groups in total. The highest BCUT2D eigenvalue weighted by Crippen LogP contribution is 2.17. The van der Waals surface area contributed by atoms with Gasteiger partial charge in [0.2, 0.25) is 0 Å². The van der Waals surface area contributed by atoms with Gasteiger partial charge in [-0.05, 0) is 35.7 Å². The minimum absolute atomic E-state index is 0.121. The fraction of sp³-hybridized carbons (Fsp3) is 0.192. The Balaban J connectivity index is 1.63. The molecule has 0 aliphatic carbocycles. The molecule has 1 unspecified atom stereocenters. The van der Waals surface area contributed by atoms with Crippen molar-refractivity contribution < 1.29 is 18.7 Å². The van der Waals surface area contributed by atoms with Gasteiger partial charge in [-0.2, -0.15) is 5.10 Å². The molecule has 0 fully saturated rings. The third-order valence-corrected chi connectivity index (χ3v) is 4.89. The summed E-state index contributed by atoms with van der Waals surface area (Å²) in [6.07, 6.45) is 1.48. The van der Waals surface area contributed by atoms with Crippen molar-refractivity contribution in [2.45, 2.75) is 26.5 Å². The minimum Gasteiger partial charge on any atom is -0.488 e. The largest absolute Gasteiger partial charge is 0.488 e. The van der Waals surface area contributed by atoms with Crippen LogP contribution < -0.4 is 15.5 Å². The first kappa shape index (κ1) is 23.7. The average molecular weight is 448 g/mol. The highest BCUT2D eigenvalue weighted by molar-refractivity contribution is 5.98. The normalized spacial score (nSPS) is 11.9. The molecule has 6 nitrogen and oxygen atoms in total. The Morgan fingerprint density at radius 3 is 2.36 bits per heavy atom. The number of para-hydroxylation sites is 1. The Kier molecular flexibility index (Phi) is 8.30. The highest BCUT2D eigenvalue weighted by Gasteiger charge is 2.25. The number of amides is 2. The molecule has 0 saturated heterocycles. The van der Waals surface area contributed by atoms with Crippen LogP contribution in [0.25, 0.3) is 0 Å². The summed E-state index contributed by atoms with van der Waals surface area (Å²) < 4.78 is 19.8. The van der Waals surface area contributed by atoms with Gasteiger partial charge in [0.1, 0.15) is 24.2 Å². The predicted octanol–water partition coefficient (Wildman–Crippen LogP) is 4.31. The van der Waals surface area contributed by atoms with Crippen molar-refractivity contribution in [2.75, 3.05) is 0 Å². The summed E-state index contributed by atoms with van der Waals surface area (Å²) in [7, 11) is 0. The smallest absolute Gasteiger partial charge is 0.262 e. The van der Waals surface area contributed by atoms with Crippen molar-refractivity contribution in [3.63, 3.8) is 0 Å². The van der Waals surface area contributed by atoms with E-state index in [1.807, 2.05) is 54.6 Å². The molecule has 1 atom stereocenters. The van der Waals surface area contributed by atoms with E-state index in [1.165, 1.54) is 24.4 Å². The molecule has 0 aliphatic rings. The number of benzene rings is 3. The summed E-state index contributed by atoms with van der Waals surface area (Å²) in [5, 5.41) is 6.61. The zero-order valence-corrected chi connectivity index (χ0v) is 18.5. The molecular weight excluding hydrogens is 421 g/mol. The lowest BCUT2D eigenvalue weighted by Crippen LogP contribution is -2.48. The summed E-state index contributed by atoms with van der Waals surface area (Å²) in [4.78, 5) is 25.1. The predicted molar refractivity (Wildman–Crippen MR) is 125 cm³/mol. The van der Waals surface area contributed by atoms with Gasteiger partial charge in [-0.25, -0.2) is 9.82 Å². The van der Waals surface area contributed by atoms with Gasteiger partial charge >= 0.3 is 0 Å². The van der Waals surface area contributed by atoms with Crippen LogP contribution in [0, 0.1) is 11.7 Å². The quantitative estimate of drug-likeness (QED) is 0.379. The summed E-state index contributed by atoms with van der Waals surface area (Å²) in [6, 6.07) is 21.8. The van der Waals surface area contributed by atoms with Crippen LogP contribution in [0.5, 0.6) is 5.75 Å². The lowest BCUT2D eigenvalue weighted by atomic mass is 10.0. The fourth-order valence-electron chi connectivity index (χ4n) is 3.09. The number of rotatable bonds is 9. The van der Waals surface area contributed by atoms with Gasteiger partial charge in [-0.3, -0.25) is 9.59 Å². The number of nitrogens with zero attached hydrogens (tertiary/aromatic N) is 1. The lowest BCUT2D eigenvalue weighted by molar-refractivity contribution is -0.123. The van der Waals surface area contributed by atoms with Crippen LogP contribution in [0.3, 0.4) is 0 Å². The Morgan fingerprint density at radius 1 is 0.970 bits per heavy atom. The molecule has 3 aromatic carbocycles. The van der Waals surface area contributed by atoms with Crippen LogP contribution in [0.2, 0.25) is 0 Å². The van der Waals surface area contributed by atoms with Crippen LogP contribution >= 0.6 is 0 Å². The third kappa shape index (κ3) is 6.74. The maximum atomic E-state index is 13.9. The lowest BCUT2D eigenvalue weighted by Gasteiger charge is -2.20. The van der Waals surface area contributed by atoms with Crippen LogP contribution in [0.1, 0.15) is 35.3 Å². The molecule has 0 saturated carbocycles. The van der Waals surface area contributed by atoms with Crippen LogP contribution in [0.4, 0.5) is 4.39 Å². The number of hydrazone groups is 1. The van der Waals surface area contributed by atoms with Crippen molar-refractivity contribution in [2.24, 2.45) is 11.0 Å². The second-order valence-electron chi connectivity index (χ2n) is 7.72. The number of halogens is 1. The molecule has 0 spiro atoms. The molecule has 3 aromatic rings. The summed E-state index contributed by atoms with van der Waals surface area (Å²) >= 11 is 0.